The van der Waals surface area contributed by atoms with E-state index in [0.717, 1.165) is 64.6 Å². The molecule has 5 fully saturated rings. The van der Waals surface area contributed by atoms with Gasteiger partial charge in [0.15, 0.2) is 22.4 Å². The average Bonchev–Trinajstić information content (AvgIpc) is 3.41. The molecule has 5 rings (SSSR count). The summed E-state index contributed by atoms with van der Waals surface area (Å²) in [6.45, 7) is 34.9. The van der Waals surface area contributed by atoms with Gasteiger partial charge in [0.2, 0.25) is 0 Å². The molecule has 2 saturated heterocycles. The minimum atomic E-state index is -3.59. The summed E-state index contributed by atoms with van der Waals surface area (Å²) in [4.78, 5) is 0. The highest BCUT2D eigenvalue weighted by molar-refractivity contribution is 7.85. The number of hydrogen-bond acceptors (Lipinski definition) is 7. The van der Waals surface area contributed by atoms with Gasteiger partial charge in [-0.2, -0.15) is 8.42 Å². The molecule has 50 heavy (non-hydrogen) atoms. The van der Waals surface area contributed by atoms with Crippen molar-refractivity contribution in [2.75, 3.05) is 26.1 Å². The summed E-state index contributed by atoms with van der Waals surface area (Å²) in [6, 6.07) is 0. The van der Waals surface area contributed by atoms with Gasteiger partial charge in [-0.3, -0.25) is 4.18 Å². The Morgan fingerprint density at radius 2 is 1.42 bits per heavy atom. The van der Waals surface area contributed by atoms with E-state index in [1.54, 1.807) is 0 Å². The quantitative estimate of drug-likeness (QED) is 0.171. The van der Waals surface area contributed by atoms with E-state index in [1.807, 2.05) is 0 Å². The lowest BCUT2D eigenvalue weighted by Crippen LogP contribution is -2.56. The molecule has 2 aliphatic heterocycles. The maximum Gasteiger partial charge on any atom is 0.264 e. The topological polar surface area (TPSA) is 80.3 Å². The number of ether oxygens (including phenoxy) is 2. The molecule has 292 valence electrons. The third-order valence-electron chi connectivity index (χ3n) is 16.2. The Bertz CT molecular complexity index is 1310. The van der Waals surface area contributed by atoms with E-state index in [1.165, 1.54) is 6.26 Å². The molecule has 0 radical (unpaired) electrons. The van der Waals surface area contributed by atoms with E-state index in [2.05, 4.69) is 95.4 Å². The molecule has 0 aromatic carbocycles. The van der Waals surface area contributed by atoms with Crippen LogP contribution in [0.2, 0.25) is 36.3 Å². The van der Waals surface area contributed by atoms with Gasteiger partial charge >= 0.3 is 0 Å². The lowest BCUT2D eigenvalue weighted by molar-refractivity contribution is -0.272. The molecule has 0 amide bonds. The predicted octanol–water partition coefficient (Wildman–Crippen LogP) is 10.0. The Morgan fingerprint density at radius 1 is 0.800 bits per heavy atom. The third-order valence-corrected chi connectivity index (χ3v) is 25.8. The van der Waals surface area contributed by atoms with Gasteiger partial charge in [-0.15, -0.1) is 0 Å². The summed E-state index contributed by atoms with van der Waals surface area (Å²) < 4.78 is 58.9. The number of fused-ring (bicyclic) bond motifs is 3. The van der Waals surface area contributed by atoms with E-state index in [-0.39, 0.29) is 45.6 Å². The Labute approximate surface area is 309 Å². The van der Waals surface area contributed by atoms with Gasteiger partial charge in [0.1, 0.15) is 0 Å². The lowest BCUT2D eigenvalue weighted by atomic mass is 9.48. The van der Waals surface area contributed by atoms with Crippen molar-refractivity contribution in [1.29, 1.82) is 0 Å². The van der Waals surface area contributed by atoms with Crippen molar-refractivity contribution in [3.8, 4) is 0 Å². The second kappa shape index (κ2) is 13.7. The maximum atomic E-state index is 12.6. The minimum Gasteiger partial charge on any atom is -0.417 e. The maximum absolute atomic E-state index is 12.6. The van der Waals surface area contributed by atoms with Gasteiger partial charge < -0.3 is 18.3 Å². The standard InChI is InChI=1S/C40H76O7SSi2/c1-27-16-21-40(43-24-27)28(2)35-34(46-40)23-33-31(26-44-48(11,41)42)32(18-20-39(33,35)10)38(9)19-17-30(47-50(14,15)37(6,7)8)22-29(38)25-45-49(12,13)36(3,4)5/h27-35H,16-26H2,1-15H3/t27?,28-,29+,30?,31+,32-,33-,34-,35-,38-,39-,40+/m0/s1. The highest BCUT2D eigenvalue weighted by Crippen LogP contribution is 2.69. The first-order chi connectivity index (χ1) is 22.7. The number of hydrogen-bond donors (Lipinski definition) is 0. The van der Waals surface area contributed by atoms with E-state index in [0.29, 0.717) is 35.5 Å². The van der Waals surface area contributed by atoms with Crippen molar-refractivity contribution >= 4 is 26.8 Å². The van der Waals surface area contributed by atoms with Crippen molar-refractivity contribution in [3.05, 3.63) is 0 Å². The largest absolute Gasteiger partial charge is 0.417 e. The molecule has 0 aromatic rings. The zero-order valence-electron chi connectivity index (χ0n) is 34.7. The molecular weight excluding hydrogens is 681 g/mol. The van der Waals surface area contributed by atoms with Crippen LogP contribution in [-0.2, 0) is 32.6 Å². The molecule has 3 aliphatic carbocycles. The van der Waals surface area contributed by atoms with Crippen LogP contribution in [0.5, 0.6) is 0 Å². The normalized spacial score (nSPS) is 43.2. The fourth-order valence-corrected chi connectivity index (χ4v) is 13.8. The summed E-state index contributed by atoms with van der Waals surface area (Å²) in [7, 11) is -7.55. The zero-order valence-corrected chi connectivity index (χ0v) is 37.6. The molecule has 3 saturated carbocycles. The van der Waals surface area contributed by atoms with Crippen LogP contribution in [0.4, 0.5) is 0 Å². The van der Waals surface area contributed by atoms with E-state index in [4.69, 9.17) is 22.5 Å². The van der Waals surface area contributed by atoms with Gasteiger partial charge in [0.05, 0.1) is 25.6 Å². The van der Waals surface area contributed by atoms with E-state index >= 15 is 0 Å². The molecule has 0 N–H and O–H groups in total. The third kappa shape index (κ3) is 7.68. The van der Waals surface area contributed by atoms with Crippen LogP contribution in [0, 0.1) is 52.3 Å². The predicted molar refractivity (Wildman–Crippen MR) is 208 cm³/mol. The first-order valence-corrected chi connectivity index (χ1v) is 27.8. The summed E-state index contributed by atoms with van der Waals surface area (Å²) in [5, 5.41) is 0.283. The van der Waals surface area contributed by atoms with Crippen LogP contribution in [0.3, 0.4) is 0 Å². The van der Waals surface area contributed by atoms with Gasteiger partial charge in [-0.1, -0.05) is 69.2 Å². The highest BCUT2D eigenvalue weighted by atomic mass is 32.2. The fraction of sp³-hybridized carbons (Fsp3) is 1.00. The van der Waals surface area contributed by atoms with Gasteiger partial charge in [-0.05, 0) is 128 Å². The van der Waals surface area contributed by atoms with Crippen LogP contribution in [0.25, 0.3) is 0 Å². The molecule has 10 heteroatoms. The van der Waals surface area contributed by atoms with Crippen LogP contribution < -0.4 is 0 Å². The van der Waals surface area contributed by atoms with Crippen molar-refractivity contribution in [1.82, 2.24) is 0 Å². The van der Waals surface area contributed by atoms with E-state index < -0.39 is 32.5 Å². The van der Waals surface area contributed by atoms with Crippen LogP contribution in [0.15, 0.2) is 0 Å². The first kappa shape index (κ1) is 41.3. The van der Waals surface area contributed by atoms with Crippen molar-refractivity contribution < 1.29 is 30.9 Å². The summed E-state index contributed by atoms with van der Waals surface area (Å²) >= 11 is 0. The molecule has 2 unspecified atom stereocenters. The van der Waals surface area contributed by atoms with E-state index in [9.17, 15) is 8.42 Å². The van der Waals surface area contributed by atoms with Crippen molar-refractivity contribution in [2.24, 2.45) is 52.3 Å². The summed E-state index contributed by atoms with van der Waals surface area (Å²) in [5.41, 5.74) is 0.0324. The minimum absolute atomic E-state index is 0.0173. The summed E-state index contributed by atoms with van der Waals surface area (Å²) in [5.74, 6) is 1.95. The van der Waals surface area contributed by atoms with Crippen LogP contribution >= 0.6 is 0 Å². The van der Waals surface area contributed by atoms with Crippen LogP contribution in [-0.4, -0.2) is 69.1 Å². The first-order valence-electron chi connectivity index (χ1n) is 20.1. The Kier molecular flexibility index (Phi) is 11.4. The Balaban J connectivity index is 1.47. The fourth-order valence-electron chi connectivity index (χ4n) is 10.9. The van der Waals surface area contributed by atoms with Gasteiger partial charge in [-0.25, -0.2) is 0 Å². The van der Waals surface area contributed by atoms with Crippen molar-refractivity contribution in [2.45, 2.75) is 175 Å². The molecule has 12 atom stereocenters. The SMILES string of the molecule is CC1CC[C@@]2(OC1)O[C@H]1C[C@H]3[C@H](COS(C)(=O)=O)[C@@H]([C@@]4(C)CCC(O[Si](C)(C)C(C)(C)C)C[C@@H]4CO[Si](C)(C)C(C)(C)C)CC[C@]3(C)[C@H]1[C@@H]2C. The summed E-state index contributed by atoms with van der Waals surface area (Å²) in [6.07, 6.45) is 9.98. The molecule has 2 heterocycles. The van der Waals surface area contributed by atoms with Crippen LogP contribution in [0.1, 0.15) is 121 Å². The van der Waals surface area contributed by atoms with Crippen molar-refractivity contribution in [3.63, 3.8) is 0 Å². The zero-order chi connectivity index (χ0) is 37.5. The molecule has 0 aromatic heterocycles. The monoisotopic (exact) mass is 756 g/mol. The second-order valence-corrected chi connectivity index (χ2v) is 32.6. The highest BCUT2D eigenvalue weighted by Gasteiger charge is 2.69. The molecule has 1 spiro atoms. The average molecular weight is 757 g/mol. The Morgan fingerprint density at radius 3 is 1.98 bits per heavy atom. The molecule has 7 nitrogen and oxygen atoms in total. The smallest absolute Gasteiger partial charge is 0.264 e. The molecule has 5 aliphatic rings. The molecular formula is C40H76O7SSi2. The number of rotatable bonds is 9. The van der Waals surface area contributed by atoms with Gasteiger partial charge in [0.25, 0.3) is 10.1 Å². The Hall–Kier alpha value is 0.184. The second-order valence-electron chi connectivity index (χ2n) is 21.4. The van der Waals surface area contributed by atoms with Gasteiger partial charge in [0, 0.05) is 25.0 Å². The molecule has 0 bridgehead atoms. The lowest BCUT2D eigenvalue weighted by Gasteiger charge is -2.58.